The van der Waals surface area contributed by atoms with Crippen molar-refractivity contribution in [2.24, 2.45) is 0 Å². The average Bonchev–Trinajstić information content (AvgIpc) is 2.74. The molecular formula is C23H28Cl3N3O2S. The van der Waals surface area contributed by atoms with Gasteiger partial charge >= 0.3 is 0 Å². The number of carbonyl (C=O) groups excluding carboxylic acids is 1. The van der Waals surface area contributed by atoms with E-state index >= 15 is 0 Å². The highest BCUT2D eigenvalue weighted by atomic mass is 35.6. The Bertz CT molecular complexity index is 889. The van der Waals surface area contributed by atoms with E-state index in [1.165, 1.54) is 19.3 Å². The van der Waals surface area contributed by atoms with Crippen LogP contribution >= 0.6 is 47.0 Å². The van der Waals surface area contributed by atoms with Crippen LogP contribution in [0.25, 0.3) is 0 Å². The second kappa shape index (κ2) is 13.1. The normalized spacial score (nSPS) is 12.0. The van der Waals surface area contributed by atoms with Gasteiger partial charge in [0.2, 0.25) is 3.79 Å². The quantitative estimate of drug-likeness (QED) is 0.148. The van der Waals surface area contributed by atoms with E-state index in [4.69, 9.17) is 51.8 Å². The van der Waals surface area contributed by atoms with E-state index in [2.05, 4.69) is 22.9 Å². The minimum atomic E-state index is -1.83. The SMILES string of the molecule is CCCCCCOc1ccc(NC(=S)NC(NC(=O)c2ccccc2C)C(Cl)(Cl)Cl)cc1. The van der Waals surface area contributed by atoms with Gasteiger partial charge in [0.05, 0.1) is 6.61 Å². The number of amides is 1. The van der Waals surface area contributed by atoms with Gasteiger partial charge in [-0.2, -0.15) is 0 Å². The van der Waals surface area contributed by atoms with Gasteiger partial charge in [-0.3, -0.25) is 4.79 Å². The molecule has 0 aliphatic carbocycles. The maximum absolute atomic E-state index is 12.6. The van der Waals surface area contributed by atoms with Crippen molar-refractivity contribution in [2.45, 2.75) is 49.5 Å². The Morgan fingerprint density at radius 1 is 1.03 bits per heavy atom. The van der Waals surface area contributed by atoms with Gasteiger partial charge in [0.1, 0.15) is 11.9 Å². The lowest BCUT2D eigenvalue weighted by Crippen LogP contribution is -2.56. The zero-order valence-corrected chi connectivity index (χ0v) is 21.2. The summed E-state index contributed by atoms with van der Waals surface area (Å²) < 4.78 is 3.91. The fourth-order valence-corrected chi connectivity index (χ4v) is 3.45. The Balaban J connectivity index is 1.91. The molecule has 1 atom stereocenters. The van der Waals surface area contributed by atoms with Crippen LogP contribution in [0.5, 0.6) is 5.75 Å². The third-order valence-corrected chi connectivity index (χ3v) is 5.52. The maximum atomic E-state index is 12.6. The number of thiocarbonyl (C=S) groups is 1. The van der Waals surface area contributed by atoms with Gasteiger partial charge < -0.3 is 20.7 Å². The summed E-state index contributed by atoms with van der Waals surface area (Å²) in [6.45, 7) is 4.70. The first-order chi connectivity index (χ1) is 15.2. The number of hydrogen-bond acceptors (Lipinski definition) is 3. The van der Waals surface area contributed by atoms with Crippen LogP contribution in [0, 0.1) is 6.92 Å². The summed E-state index contributed by atoms with van der Waals surface area (Å²) in [5, 5.41) is 8.75. The molecule has 0 saturated heterocycles. The molecule has 9 heteroatoms. The molecule has 0 aliphatic rings. The molecule has 32 heavy (non-hydrogen) atoms. The van der Waals surface area contributed by atoms with Crippen molar-refractivity contribution >= 4 is 63.7 Å². The number of alkyl halides is 3. The predicted octanol–water partition coefficient (Wildman–Crippen LogP) is 6.37. The number of aryl methyl sites for hydroxylation is 1. The molecule has 0 aromatic heterocycles. The molecule has 0 fully saturated rings. The highest BCUT2D eigenvalue weighted by Crippen LogP contribution is 2.29. The van der Waals surface area contributed by atoms with E-state index < -0.39 is 9.96 Å². The smallest absolute Gasteiger partial charge is 0.253 e. The topological polar surface area (TPSA) is 62.4 Å². The summed E-state index contributed by atoms with van der Waals surface area (Å²) in [5.41, 5.74) is 2.02. The second-order valence-corrected chi connectivity index (χ2v) is 10.1. The Kier molecular flexibility index (Phi) is 10.9. The van der Waals surface area contributed by atoms with Crippen molar-refractivity contribution in [3.05, 3.63) is 59.7 Å². The summed E-state index contributed by atoms with van der Waals surface area (Å²) in [6.07, 6.45) is 3.57. The predicted molar refractivity (Wildman–Crippen MR) is 138 cm³/mol. The van der Waals surface area contributed by atoms with Gasteiger partial charge in [-0.25, -0.2) is 0 Å². The van der Waals surface area contributed by atoms with Crippen molar-refractivity contribution in [2.75, 3.05) is 11.9 Å². The Labute approximate surface area is 210 Å². The van der Waals surface area contributed by atoms with Crippen molar-refractivity contribution in [1.29, 1.82) is 0 Å². The minimum absolute atomic E-state index is 0.194. The molecule has 2 aromatic rings. The number of hydrogen-bond donors (Lipinski definition) is 3. The molecule has 0 heterocycles. The Morgan fingerprint density at radius 2 is 1.72 bits per heavy atom. The third kappa shape index (κ3) is 9.02. The highest BCUT2D eigenvalue weighted by Gasteiger charge is 2.35. The van der Waals surface area contributed by atoms with Crippen LogP contribution in [0.15, 0.2) is 48.5 Å². The number of anilines is 1. The minimum Gasteiger partial charge on any atom is -0.494 e. The van der Waals surface area contributed by atoms with Gasteiger partial charge in [-0.1, -0.05) is 79.2 Å². The molecule has 3 N–H and O–H groups in total. The lowest BCUT2D eigenvalue weighted by molar-refractivity contribution is 0.0934. The van der Waals surface area contributed by atoms with Crippen molar-refractivity contribution in [3.63, 3.8) is 0 Å². The van der Waals surface area contributed by atoms with Crippen LogP contribution < -0.4 is 20.7 Å². The van der Waals surface area contributed by atoms with E-state index in [9.17, 15) is 4.79 Å². The molecule has 1 amide bonds. The number of unbranched alkanes of at least 4 members (excludes halogenated alkanes) is 3. The summed E-state index contributed by atoms with van der Waals surface area (Å²) in [5.74, 6) is 0.408. The third-order valence-electron chi connectivity index (χ3n) is 4.65. The molecule has 2 rings (SSSR count). The lowest BCUT2D eigenvalue weighted by Gasteiger charge is -2.28. The molecule has 1 unspecified atom stereocenters. The molecule has 0 saturated carbocycles. The number of ether oxygens (including phenoxy) is 1. The van der Waals surface area contributed by atoms with Crippen LogP contribution in [0.2, 0.25) is 0 Å². The van der Waals surface area contributed by atoms with Crippen molar-refractivity contribution in [3.8, 4) is 5.75 Å². The van der Waals surface area contributed by atoms with Crippen LogP contribution in [0.4, 0.5) is 5.69 Å². The lowest BCUT2D eigenvalue weighted by atomic mass is 10.1. The molecule has 2 aromatic carbocycles. The zero-order chi connectivity index (χ0) is 23.6. The van der Waals surface area contributed by atoms with Gasteiger partial charge in [0.25, 0.3) is 5.91 Å². The zero-order valence-electron chi connectivity index (χ0n) is 18.1. The number of rotatable bonds is 10. The van der Waals surface area contributed by atoms with Gasteiger partial charge in [0.15, 0.2) is 5.11 Å². The fourth-order valence-electron chi connectivity index (χ4n) is 2.89. The number of carbonyl (C=O) groups is 1. The first kappa shape index (κ1) is 26.5. The Hall–Kier alpha value is -1.73. The van der Waals surface area contributed by atoms with E-state index in [-0.39, 0.29) is 11.0 Å². The number of nitrogens with one attached hydrogen (secondary N) is 3. The molecule has 0 aliphatic heterocycles. The van der Waals surface area contributed by atoms with Crippen LogP contribution in [-0.4, -0.2) is 27.6 Å². The van der Waals surface area contributed by atoms with Crippen molar-refractivity contribution in [1.82, 2.24) is 10.6 Å². The van der Waals surface area contributed by atoms with Gasteiger partial charge in [0, 0.05) is 11.3 Å². The Morgan fingerprint density at radius 3 is 2.34 bits per heavy atom. The fraction of sp³-hybridized carbons (Fsp3) is 0.391. The largest absolute Gasteiger partial charge is 0.494 e. The highest BCUT2D eigenvalue weighted by molar-refractivity contribution is 7.80. The van der Waals surface area contributed by atoms with Crippen LogP contribution in [0.1, 0.15) is 48.5 Å². The first-order valence-corrected chi connectivity index (χ1v) is 12.0. The molecule has 5 nitrogen and oxygen atoms in total. The van der Waals surface area contributed by atoms with Crippen LogP contribution in [-0.2, 0) is 0 Å². The molecule has 0 bridgehead atoms. The molecule has 174 valence electrons. The number of halogens is 3. The van der Waals surface area contributed by atoms with E-state index in [0.29, 0.717) is 12.2 Å². The standard InChI is InChI=1S/C23H28Cl3N3O2S/c1-3-4-5-8-15-31-18-13-11-17(12-14-18)27-22(32)29-21(23(24,25)26)28-20(30)19-10-7-6-9-16(19)2/h6-7,9-14,21H,3-5,8,15H2,1-2H3,(H,28,30)(H2,27,29,32). The van der Waals surface area contributed by atoms with Crippen molar-refractivity contribution < 1.29 is 9.53 Å². The average molecular weight is 517 g/mol. The summed E-state index contributed by atoms with van der Waals surface area (Å²) >= 11 is 23.5. The first-order valence-electron chi connectivity index (χ1n) is 10.4. The van der Waals surface area contributed by atoms with Gasteiger partial charge in [-0.05, 0) is 61.5 Å². The summed E-state index contributed by atoms with van der Waals surface area (Å²) in [7, 11) is 0. The van der Waals surface area contributed by atoms with E-state index in [1.54, 1.807) is 12.1 Å². The monoisotopic (exact) mass is 515 g/mol. The van der Waals surface area contributed by atoms with Gasteiger partial charge in [-0.15, -0.1) is 0 Å². The number of benzene rings is 2. The summed E-state index contributed by atoms with van der Waals surface area (Å²) in [4.78, 5) is 12.6. The second-order valence-electron chi connectivity index (χ2n) is 7.29. The summed E-state index contributed by atoms with van der Waals surface area (Å²) in [6, 6.07) is 14.5. The van der Waals surface area contributed by atoms with E-state index in [0.717, 1.165) is 23.4 Å². The maximum Gasteiger partial charge on any atom is 0.253 e. The molecular weight excluding hydrogens is 489 g/mol. The van der Waals surface area contributed by atoms with E-state index in [1.807, 2.05) is 43.3 Å². The molecule has 0 radical (unpaired) electrons. The van der Waals surface area contributed by atoms with Crippen LogP contribution in [0.3, 0.4) is 0 Å². The molecule has 0 spiro atoms.